The van der Waals surface area contributed by atoms with Gasteiger partial charge in [0.25, 0.3) is 0 Å². The zero-order valence-corrected chi connectivity index (χ0v) is 36.0. The zero-order valence-electron chi connectivity index (χ0n) is 36.0. The van der Waals surface area contributed by atoms with Crippen LogP contribution in [0.4, 0.5) is 0 Å². The van der Waals surface area contributed by atoms with Gasteiger partial charge in [-0.05, 0) is 103 Å². The van der Waals surface area contributed by atoms with Crippen LogP contribution in [-0.4, -0.2) is 6.71 Å². The molecule has 8 aromatic carbocycles. The van der Waals surface area contributed by atoms with Gasteiger partial charge in [0.05, 0.1) is 0 Å². The maximum atomic E-state index is 3.95. The van der Waals surface area contributed by atoms with Crippen LogP contribution in [0.2, 0.25) is 0 Å². The van der Waals surface area contributed by atoms with Crippen LogP contribution >= 0.6 is 0 Å². The van der Waals surface area contributed by atoms with E-state index in [9.17, 15) is 0 Å². The molecule has 0 nitrogen and oxygen atoms in total. The third kappa shape index (κ3) is 8.57. The minimum Gasteiger partial charge on any atom is -0.0985 e. The molecular weight excluding hydrogens is 707 g/mol. The van der Waals surface area contributed by atoms with Gasteiger partial charge in [-0.15, -0.1) is 0 Å². The first kappa shape index (κ1) is 40.8. The van der Waals surface area contributed by atoms with Gasteiger partial charge in [-0.1, -0.05) is 246 Å². The average Bonchev–Trinajstić information content (AvgIpc) is 3.27. The predicted molar refractivity (Wildman–Crippen MR) is 261 cm³/mol. The van der Waals surface area contributed by atoms with Crippen LogP contribution < -0.4 is 16.4 Å². The Morgan fingerprint density at radius 3 is 0.780 bits per heavy atom. The summed E-state index contributed by atoms with van der Waals surface area (Å²) >= 11 is 0. The van der Waals surface area contributed by atoms with Gasteiger partial charge in [-0.2, -0.15) is 0 Å². The molecule has 1 heteroatoms. The highest BCUT2D eigenvalue weighted by Crippen LogP contribution is 2.30. The lowest BCUT2D eigenvalue weighted by atomic mass is 9.33. The predicted octanol–water partition coefficient (Wildman–Crippen LogP) is 14.1. The monoisotopic (exact) mass is 762 g/mol. The summed E-state index contributed by atoms with van der Waals surface area (Å²) in [5, 5.41) is 0. The van der Waals surface area contributed by atoms with Crippen LogP contribution in [0, 0.1) is 41.5 Å². The first-order chi connectivity index (χ1) is 28.7. The van der Waals surface area contributed by atoms with Crippen molar-refractivity contribution in [2.75, 3.05) is 0 Å². The first-order valence-corrected chi connectivity index (χ1v) is 21.1. The van der Waals surface area contributed by atoms with Gasteiger partial charge in [0.1, 0.15) is 0 Å². The van der Waals surface area contributed by atoms with Crippen molar-refractivity contribution in [1.29, 1.82) is 0 Å². The molecule has 0 aliphatic carbocycles. The van der Waals surface area contributed by atoms with Gasteiger partial charge in [0.2, 0.25) is 6.71 Å². The Balaban J connectivity index is 0.00000260. The maximum absolute atomic E-state index is 3.95. The molecule has 59 heavy (non-hydrogen) atoms. The molecule has 8 aromatic rings. The molecule has 290 valence electrons. The second-order valence-corrected chi connectivity index (χ2v) is 15.7. The Bertz CT molecular complexity index is 2490. The van der Waals surface area contributed by atoms with Crippen LogP contribution in [0.1, 0.15) is 52.8 Å². The van der Waals surface area contributed by atoms with Crippen molar-refractivity contribution < 1.29 is 0 Å². The Labute approximate surface area is 354 Å². The van der Waals surface area contributed by atoms with Crippen molar-refractivity contribution in [2.45, 2.75) is 55.4 Å². The van der Waals surface area contributed by atoms with Crippen LogP contribution in [0.25, 0.3) is 61.7 Å². The quantitative estimate of drug-likeness (QED) is 0.129. The summed E-state index contributed by atoms with van der Waals surface area (Å²) in [5.74, 6) is 0. The normalized spacial score (nSPS) is 10.8. The number of aryl methyl sites for hydroxylation is 6. The summed E-state index contributed by atoms with van der Waals surface area (Å²) in [6, 6.07) is 62.4. The number of hydrogen-bond donors (Lipinski definition) is 0. The molecule has 8 rings (SSSR count). The molecule has 0 bridgehead atoms. The Morgan fingerprint density at radius 2 is 0.525 bits per heavy atom. The summed E-state index contributed by atoms with van der Waals surface area (Å²) in [5.41, 5.74) is 25.5. The van der Waals surface area contributed by atoms with E-state index in [2.05, 4.69) is 218 Å². The SMILES string of the molecule is C=Cc1ccc(-c2cc(C)c(B(c3c(C)cc(-c4ccc(-c5ccccc5)cc4)cc3C)c3c(C)cc(-c4ccc(-c5ccccc5)cc4)cc3C)c(C)c2)cc1.CC. The number of hydrogen-bond acceptors (Lipinski definition) is 0. The molecular formula is C58H55B. The van der Waals surface area contributed by atoms with Gasteiger partial charge in [-0.25, -0.2) is 0 Å². The Kier molecular flexibility index (Phi) is 12.4. The summed E-state index contributed by atoms with van der Waals surface area (Å²) in [7, 11) is 0. The standard InChI is InChI=1S/C56H49B.C2H6/c1-8-43-19-21-48(22-20-43)51-31-37(2)54(38(3)32-51)57(55-39(4)33-52(34-40(55)5)49-27-23-46(24-28-49)44-15-11-9-12-16-44)56-41(6)35-53(36-42(56)7)50-29-25-47(26-30-50)45-17-13-10-14-18-45;1-2/h8-36H,1H2,2-7H3;1-2H3. The van der Waals surface area contributed by atoms with Crippen molar-refractivity contribution in [3.63, 3.8) is 0 Å². The molecule has 0 aliphatic heterocycles. The lowest BCUT2D eigenvalue weighted by Gasteiger charge is -2.28. The minimum atomic E-state index is 0.0613. The van der Waals surface area contributed by atoms with Crippen LogP contribution in [0.15, 0.2) is 176 Å². The number of rotatable bonds is 9. The van der Waals surface area contributed by atoms with Gasteiger partial charge < -0.3 is 0 Å². The van der Waals surface area contributed by atoms with E-state index >= 15 is 0 Å². The molecule has 0 fully saturated rings. The van der Waals surface area contributed by atoms with E-state index in [-0.39, 0.29) is 6.71 Å². The van der Waals surface area contributed by atoms with Gasteiger partial charge in [0.15, 0.2) is 0 Å². The highest BCUT2D eigenvalue weighted by molar-refractivity contribution is 6.97. The topological polar surface area (TPSA) is 0 Å². The van der Waals surface area contributed by atoms with Gasteiger partial charge in [-0.3, -0.25) is 0 Å². The minimum absolute atomic E-state index is 0.0613. The third-order valence-electron chi connectivity index (χ3n) is 11.8. The van der Waals surface area contributed by atoms with Crippen molar-refractivity contribution in [3.8, 4) is 55.6 Å². The molecule has 0 unspecified atom stereocenters. The Hall–Kier alpha value is -6.44. The summed E-state index contributed by atoms with van der Waals surface area (Å²) in [4.78, 5) is 0. The molecule has 0 N–H and O–H groups in total. The van der Waals surface area contributed by atoms with Crippen molar-refractivity contribution in [2.24, 2.45) is 0 Å². The fraction of sp³-hybridized carbons (Fsp3) is 0.138. The highest BCUT2D eigenvalue weighted by Gasteiger charge is 2.31. The van der Waals surface area contributed by atoms with Crippen molar-refractivity contribution >= 4 is 29.2 Å². The van der Waals surface area contributed by atoms with Crippen LogP contribution in [-0.2, 0) is 0 Å². The van der Waals surface area contributed by atoms with Crippen LogP contribution in [0.5, 0.6) is 0 Å². The Morgan fingerprint density at radius 1 is 0.305 bits per heavy atom. The van der Waals surface area contributed by atoms with E-state index in [4.69, 9.17) is 0 Å². The van der Waals surface area contributed by atoms with Crippen molar-refractivity contribution in [1.82, 2.24) is 0 Å². The fourth-order valence-electron chi connectivity index (χ4n) is 9.01. The molecule has 0 atom stereocenters. The van der Waals surface area contributed by atoms with E-state index in [1.165, 1.54) is 105 Å². The van der Waals surface area contributed by atoms with E-state index in [0.29, 0.717) is 0 Å². The summed E-state index contributed by atoms with van der Waals surface area (Å²) in [6.45, 7) is 21.9. The van der Waals surface area contributed by atoms with Crippen LogP contribution in [0.3, 0.4) is 0 Å². The molecule has 0 saturated carbocycles. The van der Waals surface area contributed by atoms with Crippen molar-refractivity contribution in [3.05, 3.63) is 215 Å². The summed E-state index contributed by atoms with van der Waals surface area (Å²) < 4.78 is 0. The third-order valence-corrected chi connectivity index (χ3v) is 11.8. The van der Waals surface area contributed by atoms with E-state index in [1.807, 2.05) is 19.9 Å². The van der Waals surface area contributed by atoms with E-state index < -0.39 is 0 Å². The largest absolute Gasteiger partial charge is 0.243 e. The second kappa shape index (κ2) is 18.0. The smallest absolute Gasteiger partial charge is 0.0985 e. The lowest BCUT2D eigenvalue weighted by Crippen LogP contribution is -2.57. The number of benzene rings is 8. The molecule has 0 radical (unpaired) electrons. The van der Waals surface area contributed by atoms with Gasteiger partial charge >= 0.3 is 0 Å². The molecule has 0 aliphatic rings. The fourth-order valence-corrected chi connectivity index (χ4v) is 9.01. The lowest BCUT2D eigenvalue weighted by molar-refractivity contribution is 1.38. The second-order valence-electron chi connectivity index (χ2n) is 15.7. The molecule has 0 amide bonds. The molecule has 0 aromatic heterocycles. The molecule has 0 spiro atoms. The van der Waals surface area contributed by atoms with E-state index in [0.717, 1.165) is 5.56 Å². The highest BCUT2D eigenvalue weighted by atomic mass is 14.2. The van der Waals surface area contributed by atoms with Gasteiger partial charge in [0, 0.05) is 0 Å². The first-order valence-electron chi connectivity index (χ1n) is 21.1. The summed E-state index contributed by atoms with van der Waals surface area (Å²) in [6.07, 6.45) is 1.90. The zero-order chi connectivity index (χ0) is 41.6. The maximum Gasteiger partial charge on any atom is 0.243 e. The molecule has 0 saturated heterocycles. The van der Waals surface area contributed by atoms with E-state index in [1.54, 1.807) is 0 Å². The molecule has 0 heterocycles. The average molecular weight is 763 g/mol.